The minimum Gasteiger partial charge on any atom is -0.489 e. The molecule has 100 valence electrons. The van der Waals surface area contributed by atoms with Crippen LogP contribution in [0.2, 0.25) is 0 Å². The molecule has 0 amide bonds. The maximum absolute atomic E-state index is 5.74. The molecule has 0 saturated carbocycles. The fourth-order valence-electron chi connectivity index (χ4n) is 1.77. The van der Waals surface area contributed by atoms with Crippen molar-refractivity contribution in [2.24, 2.45) is 0 Å². The highest BCUT2D eigenvalue weighted by Gasteiger charge is 2.00. The van der Waals surface area contributed by atoms with Crippen LogP contribution in [-0.4, -0.2) is 12.0 Å². The predicted molar refractivity (Wildman–Crippen MR) is 78.6 cm³/mol. The van der Waals surface area contributed by atoms with E-state index in [0.29, 0.717) is 12.5 Å². The van der Waals surface area contributed by atoms with E-state index in [1.807, 2.05) is 37.5 Å². The maximum Gasteiger partial charge on any atom is 0.125 e. The zero-order valence-electron chi connectivity index (χ0n) is 11.7. The Labute approximate surface area is 114 Å². The number of rotatable bonds is 5. The van der Waals surface area contributed by atoms with Crippen molar-refractivity contribution >= 4 is 5.82 Å². The third-order valence-corrected chi connectivity index (χ3v) is 3.03. The first-order valence-corrected chi connectivity index (χ1v) is 6.54. The van der Waals surface area contributed by atoms with Gasteiger partial charge in [-0.15, -0.1) is 0 Å². The number of benzene rings is 1. The van der Waals surface area contributed by atoms with Crippen LogP contribution in [0, 0.1) is 0 Å². The third-order valence-electron chi connectivity index (χ3n) is 3.03. The summed E-state index contributed by atoms with van der Waals surface area (Å²) in [4.78, 5) is 4.26. The summed E-state index contributed by atoms with van der Waals surface area (Å²) in [6.07, 6.45) is 1.83. The molecule has 1 aromatic heterocycles. The molecule has 0 unspecified atom stereocenters. The summed E-state index contributed by atoms with van der Waals surface area (Å²) in [6.45, 7) is 4.91. The number of pyridine rings is 1. The van der Waals surface area contributed by atoms with Crippen LogP contribution < -0.4 is 10.1 Å². The second-order valence-electron chi connectivity index (χ2n) is 4.81. The fourth-order valence-corrected chi connectivity index (χ4v) is 1.77. The topological polar surface area (TPSA) is 34.1 Å². The van der Waals surface area contributed by atoms with Gasteiger partial charge in [-0.2, -0.15) is 0 Å². The van der Waals surface area contributed by atoms with Crippen LogP contribution in [0.4, 0.5) is 5.82 Å². The summed E-state index contributed by atoms with van der Waals surface area (Å²) in [5.41, 5.74) is 2.39. The zero-order chi connectivity index (χ0) is 13.7. The highest BCUT2D eigenvalue weighted by Crippen LogP contribution is 2.19. The molecule has 3 nitrogen and oxygen atoms in total. The monoisotopic (exact) mass is 256 g/mol. The third kappa shape index (κ3) is 3.71. The molecule has 0 aliphatic heterocycles. The van der Waals surface area contributed by atoms with Gasteiger partial charge in [-0.25, -0.2) is 4.98 Å². The normalized spacial score (nSPS) is 10.5. The Morgan fingerprint density at radius 1 is 1.11 bits per heavy atom. The second-order valence-corrected chi connectivity index (χ2v) is 4.81. The largest absolute Gasteiger partial charge is 0.489 e. The van der Waals surface area contributed by atoms with E-state index >= 15 is 0 Å². The summed E-state index contributed by atoms with van der Waals surface area (Å²) in [5, 5.41) is 2.99. The number of anilines is 1. The lowest BCUT2D eigenvalue weighted by molar-refractivity contribution is 0.305. The molecule has 2 aromatic rings. The van der Waals surface area contributed by atoms with Crippen LogP contribution in [0.3, 0.4) is 0 Å². The SMILES string of the molecule is CNc1ccc(COc2ccc(C(C)C)cc2)cn1. The average Bonchev–Trinajstić information content (AvgIpc) is 2.46. The van der Waals surface area contributed by atoms with E-state index in [1.54, 1.807) is 0 Å². The number of nitrogens with zero attached hydrogens (tertiary/aromatic N) is 1. The molecule has 0 aliphatic rings. The van der Waals surface area contributed by atoms with Crippen molar-refractivity contribution in [3.8, 4) is 5.75 Å². The van der Waals surface area contributed by atoms with E-state index in [4.69, 9.17) is 4.74 Å². The van der Waals surface area contributed by atoms with Crippen molar-refractivity contribution in [2.75, 3.05) is 12.4 Å². The molecule has 2 rings (SSSR count). The number of aromatic nitrogens is 1. The summed E-state index contributed by atoms with van der Waals surface area (Å²) < 4.78 is 5.74. The highest BCUT2D eigenvalue weighted by molar-refractivity contribution is 5.34. The predicted octanol–water partition coefficient (Wildman–Crippen LogP) is 3.83. The Morgan fingerprint density at radius 3 is 2.37 bits per heavy atom. The van der Waals surface area contributed by atoms with Gasteiger partial charge in [-0.1, -0.05) is 32.0 Å². The van der Waals surface area contributed by atoms with Crippen LogP contribution in [0.25, 0.3) is 0 Å². The van der Waals surface area contributed by atoms with Crippen molar-refractivity contribution in [2.45, 2.75) is 26.4 Å². The first-order chi connectivity index (χ1) is 9.19. The number of ether oxygens (including phenoxy) is 1. The van der Waals surface area contributed by atoms with Gasteiger partial charge in [-0.3, -0.25) is 0 Å². The molecule has 0 atom stereocenters. The molecule has 1 N–H and O–H groups in total. The first kappa shape index (κ1) is 13.4. The Balaban J connectivity index is 1.94. The molecule has 3 heteroatoms. The van der Waals surface area contributed by atoms with Crippen molar-refractivity contribution < 1.29 is 4.74 Å². The molecular weight excluding hydrogens is 236 g/mol. The minimum atomic E-state index is 0.540. The minimum absolute atomic E-state index is 0.540. The first-order valence-electron chi connectivity index (χ1n) is 6.54. The van der Waals surface area contributed by atoms with Gasteiger partial charge in [0.25, 0.3) is 0 Å². The van der Waals surface area contributed by atoms with Gasteiger partial charge in [0, 0.05) is 18.8 Å². The number of nitrogens with one attached hydrogen (secondary N) is 1. The quantitative estimate of drug-likeness (QED) is 0.883. The number of hydrogen-bond donors (Lipinski definition) is 1. The van der Waals surface area contributed by atoms with E-state index in [-0.39, 0.29) is 0 Å². The summed E-state index contributed by atoms with van der Waals surface area (Å²) in [5.74, 6) is 2.31. The maximum atomic E-state index is 5.74. The standard InChI is InChI=1S/C16H20N2O/c1-12(2)14-5-7-15(8-6-14)19-11-13-4-9-16(17-3)18-10-13/h4-10,12H,11H2,1-3H3,(H,17,18). The average molecular weight is 256 g/mol. The van der Waals surface area contributed by atoms with E-state index in [0.717, 1.165) is 17.1 Å². The fraction of sp³-hybridized carbons (Fsp3) is 0.312. The molecule has 0 saturated heterocycles. The van der Waals surface area contributed by atoms with Crippen molar-refractivity contribution in [3.63, 3.8) is 0 Å². The van der Waals surface area contributed by atoms with E-state index < -0.39 is 0 Å². The van der Waals surface area contributed by atoms with Gasteiger partial charge in [0.2, 0.25) is 0 Å². The lowest BCUT2D eigenvalue weighted by atomic mass is 10.0. The van der Waals surface area contributed by atoms with Gasteiger partial charge >= 0.3 is 0 Å². The molecule has 0 aliphatic carbocycles. The summed E-state index contributed by atoms with van der Waals surface area (Å²) in [7, 11) is 1.86. The lowest BCUT2D eigenvalue weighted by Gasteiger charge is -2.09. The van der Waals surface area contributed by atoms with Gasteiger partial charge in [0.05, 0.1) is 0 Å². The summed E-state index contributed by atoms with van der Waals surface area (Å²) >= 11 is 0. The van der Waals surface area contributed by atoms with Crippen LogP contribution in [0.5, 0.6) is 5.75 Å². The van der Waals surface area contributed by atoms with Crippen LogP contribution in [0.1, 0.15) is 30.9 Å². The second kappa shape index (κ2) is 6.23. The molecule has 0 radical (unpaired) electrons. The van der Waals surface area contributed by atoms with Gasteiger partial charge < -0.3 is 10.1 Å². The van der Waals surface area contributed by atoms with E-state index in [1.165, 1.54) is 5.56 Å². The molecule has 19 heavy (non-hydrogen) atoms. The summed E-state index contributed by atoms with van der Waals surface area (Å²) in [6, 6.07) is 12.2. The van der Waals surface area contributed by atoms with Crippen molar-refractivity contribution in [1.82, 2.24) is 4.98 Å². The van der Waals surface area contributed by atoms with Gasteiger partial charge in [-0.05, 0) is 29.7 Å². The highest BCUT2D eigenvalue weighted by atomic mass is 16.5. The Hall–Kier alpha value is -2.03. The van der Waals surface area contributed by atoms with E-state index in [9.17, 15) is 0 Å². The Kier molecular flexibility index (Phi) is 4.39. The van der Waals surface area contributed by atoms with Gasteiger partial charge in [0.1, 0.15) is 18.2 Å². The van der Waals surface area contributed by atoms with Crippen molar-refractivity contribution in [1.29, 1.82) is 0 Å². The van der Waals surface area contributed by atoms with E-state index in [2.05, 4.69) is 36.3 Å². The molecule has 1 heterocycles. The Bertz CT molecular complexity index is 503. The molecule has 0 fully saturated rings. The van der Waals surface area contributed by atoms with Crippen LogP contribution in [-0.2, 0) is 6.61 Å². The number of hydrogen-bond acceptors (Lipinski definition) is 3. The molecule has 1 aromatic carbocycles. The smallest absolute Gasteiger partial charge is 0.125 e. The Morgan fingerprint density at radius 2 is 1.84 bits per heavy atom. The van der Waals surface area contributed by atoms with Crippen LogP contribution >= 0.6 is 0 Å². The molecular formula is C16H20N2O. The lowest BCUT2D eigenvalue weighted by Crippen LogP contribution is -1.98. The zero-order valence-corrected chi connectivity index (χ0v) is 11.7. The molecule has 0 bridgehead atoms. The van der Waals surface area contributed by atoms with Gasteiger partial charge in [0.15, 0.2) is 0 Å². The van der Waals surface area contributed by atoms with Crippen LogP contribution in [0.15, 0.2) is 42.6 Å². The van der Waals surface area contributed by atoms with Crippen molar-refractivity contribution in [3.05, 3.63) is 53.7 Å². The molecule has 0 spiro atoms.